The average Bonchev–Trinajstić information content (AvgIpc) is 2.44. The lowest BCUT2D eigenvalue weighted by Crippen LogP contribution is -2.27. The van der Waals surface area contributed by atoms with Crippen LogP contribution in [0.3, 0.4) is 0 Å². The highest BCUT2D eigenvalue weighted by Crippen LogP contribution is 2.35. The van der Waals surface area contributed by atoms with Crippen LogP contribution in [0.25, 0.3) is 0 Å². The molecule has 0 atom stereocenters. The molecule has 0 aliphatic carbocycles. The van der Waals surface area contributed by atoms with Crippen molar-refractivity contribution in [2.45, 2.75) is 13.8 Å². The van der Waals surface area contributed by atoms with Crippen molar-refractivity contribution < 1.29 is 15.1 Å². The van der Waals surface area contributed by atoms with Crippen LogP contribution in [0, 0.1) is 10.1 Å². The van der Waals surface area contributed by atoms with Gasteiger partial charge < -0.3 is 15.1 Å². The van der Waals surface area contributed by atoms with Crippen molar-refractivity contribution >= 4 is 28.8 Å². The molecule has 0 unspecified atom stereocenters. The number of nitro benzene ring substituents is 1. The Hall–Kier alpha value is -1.57. The van der Waals surface area contributed by atoms with Gasteiger partial charge in [-0.1, -0.05) is 6.07 Å². The van der Waals surface area contributed by atoms with Crippen LogP contribution < -0.4 is 9.74 Å². The first-order valence-electron chi connectivity index (χ1n) is 6.17. The van der Waals surface area contributed by atoms with E-state index in [9.17, 15) is 10.1 Å². The number of nitrogens with one attached hydrogen (secondary N) is 1. The predicted molar refractivity (Wildman–Crippen MR) is 80.3 cm³/mol. The number of likely N-dealkylation sites (N-methyl/N-ethyl adjacent to an activating group) is 1. The maximum Gasteiger partial charge on any atom is 0.316 e. The van der Waals surface area contributed by atoms with Gasteiger partial charge >= 0.3 is 5.69 Å². The summed E-state index contributed by atoms with van der Waals surface area (Å²) >= 11 is 5.45. The minimum Gasteiger partial charge on any atom is -0.397 e. The number of aliphatic hydroxyl groups excluding tert-OH is 2. The van der Waals surface area contributed by atoms with E-state index in [0.29, 0.717) is 18.8 Å². The van der Waals surface area contributed by atoms with E-state index in [1.54, 1.807) is 24.0 Å². The van der Waals surface area contributed by atoms with Crippen LogP contribution in [0.5, 0.6) is 0 Å². The van der Waals surface area contributed by atoms with Crippen molar-refractivity contribution in [3.8, 4) is 0 Å². The molecule has 0 spiro atoms. The molecule has 0 radical (unpaired) electrons. The molecule has 0 fully saturated rings. The number of nitro groups is 1. The van der Waals surface area contributed by atoms with Crippen molar-refractivity contribution in [2.24, 2.45) is 0 Å². The molecule has 8 heteroatoms. The number of halogens is 1. The number of nitrogens with zero attached hydrogens (tertiary/aromatic N) is 2. The third-order valence-corrected chi connectivity index (χ3v) is 2.60. The molecule has 114 valence electrons. The lowest BCUT2D eigenvalue weighted by Gasteiger charge is -2.22. The average molecular weight is 306 g/mol. The molecule has 0 saturated carbocycles. The summed E-state index contributed by atoms with van der Waals surface area (Å²) in [7, 11) is 0. The van der Waals surface area contributed by atoms with E-state index in [4.69, 9.17) is 22.0 Å². The summed E-state index contributed by atoms with van der Waals surface area (Å²) in [4.78, 5) is 14.6. The van der Waals surface area contributed by atoms with Gasteiger partial charge in [-0.2, -0.15) is 0 Å². The Morgan fingerprint density at radius 3 is 2.40 bits per heavy atom. The van der Waals surface area contributed by atoms with Crippen molar-refractivity contribution in [1.82, 2.24) is 0 Å². The van der Waals surface area contributed by atoms with Gasteiger partial charge in [0.25, 0.3) is 0 Å². The summed E-state index contributed by atoms with van der Waals surface area (Å²) in [5.41, 5.74) is 0.598. The van der Waals surface area contributed by atoms with Crippen molar-refractivity contribution in [3.63, 3.8) is 0 Å². The monoisotopic (exact) mass is 305 g/mol. The Kier molecular flexibility index (Phi) is 9.44. The molecule has 7 nitrogen and oxygen atoms in total. The smallest absolute Gasteiger partial charge is 0.316 e. The normalized spacial score (nSPS) is 9.45. The maximum atomic E-state index is 11.0. The van der Waals surface area contributed by atoms with Crippen LogP contribution in [0.15, 0.2) is 18.2 Å². The standard InChI is InChI=1S/C10H14ClN3O3.C2H6O/c1-2-13(6-7-15)9-5-3-4-8(12-11)10(9)14(16)17;1-2-3/h3-5,12,15H,2,6-7H2,1H3;3H,2H2,1H3. The zero-order valence-electron chi connectivity index (χ0n) is 11.5. The first kappa shape index (κ1) is 18.4. The van der Waals surface area contributed by atoms with Crippen LogP contribution in [-0.4, -0.2) is 41.4 Å². The summed E-state index contributed by atoms with van der Waals surface area (Å²) in [5.74, 6) is 0. The summed E-state index contributed by atoms with van der Waals surface area (Å²) in [6.45, 7) is 4.62. The Labute approximate surface area is 123 Å². The molecule has 0 aliphatic rings. The largest absolute Gasteiger partial charge is 0.397 e. The molecule has 0 saturated heterocycles. The molecule has 0 aromatic heterocycles. The fourth-order valence-corrected chi connectivity index (χ4v) is 1.78. The molecular weight excluding hydrogens is 286 g/mol. The maximum absolute atomic E-state index is 11.0. The summed E-state index contributed by atoms with van der Waals surface area (Å²) in [6.07, 6.45) is 0. The first-order valence-corrected chi connectivity index (χ1v) is 6.55. The molecule has 1 aromatic rings. The topological polar surface area (TPSA) is 98.9 Å². The van der Waals surface area contributed by atoms with Gasteiger partial charge in [-0.3, -0.25) is 15.0 Å². The minimum atomic E-state index is -0.486. The zero-order valence-corrected chi connectivity index (χ0v) is 12.3. The number of hydrogen-bond acceptors (Lipinski definition) is 6. The molecule has 1 rings (SSSR count). The lowest BCUT2D eigenvalue weighted by molar-refractivity contribution is -0.383. The van der Waals surface area contributed by atoms with Crippen LogP contribution in [0.1, 0.15) is 13.8 Å². The quantitative estimate of drug-likeness (QED) is 0.422. The van der Waals surface area contributed by atoms with Crippen molar-refractivity contribution in [2.75, 3.05) is 36.0 Å². The van der Waals surface area contributed by atoms with Gasteiger partial charge in [0.15, 0.2) is 0 Å². The highest BCUT2D eigenvalue weighted by Gasteiger charge is 2.22. The van der Waals surface area contributed by atoms with Gasteiger partial charge in [0.05, 0.1) is 11.5 Å². The summed E-state index contributed by atoms with van der Waals surface area (Å²) in [6, 6.07) is 4.84. The van der Waals surface area contributed by atoms with Gasteiger partial charge in [-0.05, 0) is 26.0 Å². The number of para-hydroxylation sites is 1. The van der Waals surface area contributed by atoms with E-state index in [0.717, 1.165) is 0 Å². The molecule has 0 bridgehead atoms. The highest BCUT2D eigenvalue weighted by atomic mass is 35.5. The van der Waals surface area contributed by atoms with Gasteiger partial charge in [-0.15, -0.1) is 0 Å². The Morgan fingerprint density at radius 1 is 1.40 bits per heavy atom. The van der Waals surface area contributed by atoms with E-state index in [-0.39, 0.29) is 24.6 Å². The summed E-state index contributed by atoms with van der Waals surface area (Å²) < 4.78 is 0. The van der Waals surface area contributed by atoms with E-state index < -0.39 is 4.92 Å². The first-order chi connectivity index (χ1) is 9.56. The molecule has 20 heavy (non-hydrogen) atoms. The SMILES string of the molecule is CCN(CCO)c1cccc(NCl)c1[N+](=O)[O-].CCO. The van der Waals surface area contributed by atoms with Crippen LogP contribution in [0.2, 0.25) is 0 Å². The minimum absolute atomic E-state index is 0.0659. The Bertz CT molecular complexity index is 418. The van der Waals surface area contributed by atoms with Crippen LogP contribution >= 0.6 is 11.8 Å². The lowest BCUT2D eigenvalue weighted by atomic mass is 10.2. The third-order valence-electron chi connectivity index (χ3n) is 2.39. The van der Waals surface area contributed by atoms with E-state index in [2.05, 4.69) is 4.84 Å². The van der Waals surface area contributed by atoms with Crippen LogP contribution in [0.4, 0.5) is 17.1 Å². The summed E-state index contributed by atoms with van der Waals surface area (Å²) in [5, 5.41) is 27.5. The molecule has 0 amide bonds. The van der Waals surface area contributed by atoms with Crippen LogP contribution in [-0.2, 0) is 0 Å². The van der Waals surface area contributed by atoms with Gasteiger partial charge in [0.1, 0.15) is 11.4 Å². The zero-order chi connectivity index (χ0) is 15.5. The molecular formula is C12H20ClN3O4. The number of hydrogen-bond donors (Lipinski definition) is 3. The van der Waals surface area contributed by atoms with Gasteiger partial charge in [-0.25, -0.2) is 0 Å². The van der Waals surface area contributed by atoms with E-state index in [1.165, 1.54) is 6.07 Å². The number of rotatable bonds is 6. The van der Waals surface area contributed by atoms with Crippen molar-refractivity contribution in [3.05, 3.63) is 28.3 Å². The molecule has 3 N–H and O–H groups in total. The van der Waals surface area contributed by atoms with E-state index >= 15 is 0 Å². The Balaban J connectivity index is 0.00000110. The number of aliphatic hydroxyl groups is 2. The van der Waals surface area contributed by atoms with Gasteiger partial charge in [0.2, 0.25) is 0 Å². The molecule has 0 aliphatic heterocycles. The molecule has 1 aromatic carbocycles. The predicted octanol–water partition coefficient (Wildman–Crippen LogP) is 1.98. The van der Waals surface area contributed by atoms with Gasteiger partial charge in [0, 0.05) is 31.5 Å². The second kappa shape index (κ2) is 10.2. The third kappa shape index (κ3) is 5.20. The fraction of sp³-hybridized carbons (Fsp3) is 0.500. The number of anilines is 2. The van der Waals surface area contributed by atoms with E-state index in [1.807, 2.05) is 6.92 Å². The fourth-order valence-electron chi connectivity index (χ4n) is 1.62. The molecule has 0 heterocycles. The second-order valence-corrected chi connectivity index (χ2v) is 3.83. The number of benzene rings is 1. The Morgan fingerprint density at radius 2 is 2.00 bits per heavy atom. The second-order valence-electron chi connectivity index (χ2n) is 3.64. The van der Waals surface area contributed by atoms with Crippen molar-refractivity contribution in [1.29, 1.82) is 0 Å². The highest BCUT2D eigenvalue weighted by molar-refractivity contribution is 6.24.